The van der Waals surface area contributed by atoms with Crippen molar-refractivity contribution in [3.05, 3.63) is 59.1 Å². The maximum Gasteiger partial charge on any atom is 0.119 e. The van der Waals surface area contributed by atoms with Crippen molar-refractivity contribution in [3.8, 4) is 5.75 Å². The Hall–Kier alpha value is -1.36. The zero-order valence-corrected chi connectivity index (χ0v) is 12.5. The summed E-state index contributed by atoms with van der Waals surface area (Å²) in [5, 5.41) is 0.592. The van der Waals surface area contributed by atoms with Gasteiger partial charge in [-0.2, -0.15) is 0 Å². The number of ether oxygens (including phenoxy) is 1. The van der Waals surface area contributed by atoms with Crippen LogP contribution in [0, 0.1) is 0 Å². The van der Waals surface area contributed by atoms with E-state index in [1.54, 1.807) is 24.3 Å². The molecule has 0 spiro atoms. The highest BCUT2D eigenvalue weighted by molar-refractivity contribution is 7.85. The predicted octanol–water partition coefficient (Wildman–Crippen LogP) is 2.99. The second kappa shape index (κ2) is 7.43. The Labute approximate surface area is 126 Å². The number of benzene rings is 2. The number of hydrogen-bond acceptors (Lipinski definition) is 3. The highest BCUT2D eigenvalue weighted by atomic mass is 35.5. The molecule has 20 heavy (non-hydrogen) atoms. The Morgan fingerprint density at radius 2 is 1.90 bits per heavy atom. The maximum absolute atomic E-state index is 12.0. The van der Waals surface area contributed by atoms with Gasteiger partial charge in [-0.15, -0.1) is 0 Å². The van der Waals surface area contributed by atoms with Gasteiger partial charge in [0.05, 0.1) is 16.6 Å². The van der Waals surface area contributed by atoms with Gasteiger partial charge in [0.1, 0.15) is 12.4 Å². The average Bonchev–Trinajstić information content (AvgIpc) is 2.48. The van der Waals surface area contributed by atoms with Crippen LogP contribution in [0.2, 0.25) is 5.02 Å². The van der Waals surface area contributed by atoms with Crippen LogP contribution in [0.1, 0.15) is 5.56 Å². The van der Waals surface area contributed by atoms with Gasteiger partial charge in [-0.1, -0.05) is 29.8 Å². The molecule has 106 valence electrons. The third kappa shape index (κ3) is 4.34. The van der Waals surface area contributed by atoms with E-state index in [2.05, 4.69) is 0 Å². The van der Waals surface area contributed by atoms with Crippen LogP contribution in [0.25, 0.3) is 0 Å². The van der Waals surface area contributed by atoms with Crippen LogP contribution in [-0.2, 0) is 17.3 Å². The van der Waals surface area contributed by atoms with Gasteiger partial charge in [-0.05, 0) is 35.9 Å². The van der Waals surface area contributed by atoms with E-state index in [4.69, 9.17) is 22.1 Å². The summed E-state index contributed by atoms with van der Waals surface area (Å²) >= 11 is 5.87. The first-order chi connectivity index (χ1) is 9.69. The summed E-state index contributed by atoms with van der Waals surface area (Å²) in [6, 6.07) is 14.6. The molecule has 0 heterocycles. The largest absolute Gasteiger partial charge is 0.493 e. The van der Waals surface area contributed by atoms with Crippen LogP contribution >= 0.6 is 11.6 Å². The Kier molecular flexibility index (Phi) is 5.59. The van der Waals surface area contributed by atoms with E-state index >= 15 is 0 Å². The molecule has 0 radical (unpaired) electrons. The van der Waals surface area contributed by atoms with Crippen LogP contribution in [0.15, 0.2) is 53.4 Å². The predicted molar refractivity (Wildman–Crippen MR) is 82.6 cm³/mol. The minimum Gasteiger partial charge on any atom is -0.493 e. The third-order valence-electron chi connectivity index (χ3n) is 2.76. The highest BCUT2D eigenvalue weighted by Gasteiger charge is 2.04. The van der Waals surface area contributed by atoms with E-state index < -0.39 is 10.8 Å². The fourth-order valence-corrected chi connectivity index (χ4v) is 2.90. The second-order valence-electron chi connectivity index (χ2n) is 4.20. The first-order valence-electron chi connectivity index (χ1n) is 6.25. The molecule has 2 aromatic rings. The van der Waals surface area contributed by atoms with Crippen molar-refractivity contribution in [1.29, 1.82) is 0 Å². The molecule has 0 aliphatic carbocycles. The molecule has 2 rings (SSSR count). The van der Waals surface area contributed by atoms with E-state index in [1.165, 1.54) is 0 Å². The number of hydrogen-bond donors (Lipinski definition) is 1. The number of nitrogens with two attached hydrogens (primary N) is 1. The van der Waals surface area contributed by atoms with Gasteiger partial charge < -0.3 is 10.5 Å². The molecule has 0 saturated carbocycles. The molecule has 2 N–H and O–H groups in total. The van der Waals surface area contributed by atoms with E-state index in [0.29, 0.717) is 23.9 Å². The number of rotatable bonds is 6. The zero-order chi connectivity index (χ0) is 14.4. The minimum atomic E-state index is -1.10. The van der Waals surface area contributed by atoms with Gasteiger partial charge in [-0.25, -0.2) is 0 Å². The van der Waals surface area contributed by atoms with Gasteiger partial charge in [-0.3, -0.25) is 4.21 Å². The van der Waals surface area contributed by atoms with Crippen molar-refractivity contribution < 1.29 is 8.95 Å². The van der Waals surface area contributed by atoms with Crippen LogP contribution in [0.3, 0.4) is 0 Å². The molecule has 2 aromatic carbocycles. The maximum atomic E-state index is 12.0. The summed E-state index contributed by atoms with van der Waals surface area (Å²) in [4.78, 5) is 0.722. The van der Waals surface area contributed by atoms with Gasteiger partial charge in [0.25, 0.3) is 0 Å². The topological polar surface area (TPSA) is 52.3 Å². The highest BCUT2D eigenvalue weighted by Crippen LogP contribution is 2.15. The van der Waals surface area contributed by atoms with E-state index in [-0.39, 0.29) is 0 Å². The lowest BCUT2D eigenvalue weighted by molar-refractivity contribution is 0.342. The lowest BCUT2D eigenvalue weighted by Gasteiger charge is -2.07. The molecule has 0 fully saturated rings. The fourth-order valence-electron chi connectivity index (χ4n) is 1.68. The van der Waals surface area contributed by atoms with Gasteiger partial charge in [0.15, 0.2) is 0 Å². The van der Waals surface area contributed by atoms with Crippen LogP contribution in [0.5, 0.6) is 5.75 Å². The summed E-state index contributed by atoms with van der Waals surface area (Å²) in [5.74, 6) is 1.18. The lowest BCUT2D eigenvalue weighted by atomic mass is 10.2. The Morgan fingerprint density at radius 3 is 2.55 bits per heavy atom. The fraction of sp³-hybridized carbons (Fsp3) is 0.200. The van der Waals surface area contributed by atoms with Crippen molar-refractivity contribution in [2.75, 3.05) is 12.4 Å². The first kappa shape index (κ1) is 15.0. The molecule has 0 aromatic heterocycles. The molecule has 5 heteroatoms. The van der Waals surface area contributed by atoms with Crippen molar-refractivity contribution >= 4 is 22.4 Å². The summed E-state index contributed by atoms with van der Waals surface area (Å²) in [6.07, 6.45) is 0. The average molecular weight is 310 g/mol. The SMILES string of the molecule is NCc1ccc(OCCS(=O)c2cccc(Cl)c2)cc1. The van der Waals surface area contributed by atoms with E-state index in [9.17, 15) is 4.21 Å². The molecule has 1 unspecified atom stereocenters. The van der Waals surface area contributed by atoms with Gasteiger partial charge >= 0.3 is 0 Å². The zero-order valence-electron chi connectivity index (χ0n) is 10.9. The second-order valence-corrected chi connectivity index (χ2v) is 6.21. The van der Waals surface area contributed by atoms with Crippen LogP contribution in [-0.4, -0.2) is 16.6 Å². The van der Waals surface area contributed by atoms with Gasteiger partial charge in [0, 0.05) is 16.5 Å². The first-order valence-corrected chi connectivity index (χ1v) is 7.94. The Morgan fingerprint density at radius 1 is 1.15 bits per heavy atom. The van der Waals surface area contributed by atoms with Crippen LogP contribution in [0.4, 0.5) is 0 Å². The van der Waals surface area contributed by atoms with E-state index in [1.807, 2.05) is 24.3 Å². The summed E-state index contributed by atoms with van der Waals surface area (Å²) in [7, 11) is -1.10. The van der Waals surface area contributed by atoms with Crippen molar-refractivity contribution in [2.24, 2.45) is 5.73 Å². The minimum absolute atomic E-state index is 0.390. The van der Waals surface area contributed by atoms with Crippen molar-refractivity contribution in [1.82, 2.24) is 0 Å². The quantitative estimate of drug-likeness (QED) is 0.892. The monoisotopic (exact) mass is 309 g/mol. The standard InChI is InChI=1S/C15H16ClNO2S/c16-13-2-1-3-15(10-13)20(18)9-8-19-14-6-4-12(11-17)5-7-14/h1-7,10H,8-9,11,17H2. The smallest absolute Gasteiger partial charge is 0.119 e. The lowest BCUT2D eigenvalue weighted by Crippen LogP contribution is -2.08. The molecule has 0 aliphatic rings. The normalized spacial score (nSPS) is 12.1. The molecular weight excluding hydrogens is 294 g/mol. The van der Waals surface area contributed by atoms with E-state index in [0.717, 1.165) is 16.2 Å². The molecule has 0 aliphatic heterocycles. The van der Waals surface area contributed by atoms with Crippen molar-refractivity contribution in [2.45, 2.75) is 11.4 Å². The molecular formula is C15H16ClNO2S. The third-order valence-corrected chi connectivity index (χ3v) is 4.31. The molecule has 3 nitrogen and oxygen atoms in total. The molecule has 1 atom stereocenters. The van der Waals surface area contributed by atoms with Gasteiger partial charge in [0.2, 0.25) is 0 Å². The molecule has 0 saturated heterocycles. The Balaban J connectivity index is 1.84. The number of halogens is 1. The Bertz CT molecular complexity index is 587. The van der Waals surface area contributed by atoms with Crippen molar-refractivity contribution in [3.63, 3.8) is 0 Å². The summed E-state index contributed by atoms with van der Waals surface area (Å²) in [5.41, 5.74) is 6.58. The molecule has 0 amide bonds. The van der Waals surface area contributed by atoms with Crippen LogP contribution < -0.4 is 10.5 Å². The summed E-state index contributed by atoms with van der Waals surface area (Å²) in [6.45, 7) is 0.903. The summed E-state index contributed by atoms with van der Waals surface area (Å²) < 4.78 is 17.6. The molecule has 0 bridgehead atoms.